The second-order valence-corrected chi connectivity index (χ2v) is 6.35. The molecule has 0 atom stereocenters. The van der Waals surface area contributed by atoms with Crippen molar-refractivity contribution in [3.8, 4) is 0 Å². The molecule has 1 N–H and O–H groups in total. The van der Waals surface area contributed by atoms with Crippen LogP contribution in [0.5, 0.6) is 0 Å². The van der Waals surface area contributed by atoms with Gasteiger partial charge in [0.05, 0.1) is 5.56 Å². The molecule has 0 fully saturated rings. The van der Waals surface area contributed by atoms with Crippen LogP contribution in [0.15, 0.2) is 67.0 Å². The summed E-state index contributed by atoms with van der Waals surface area (Å²) in [6, 6.07) is 18.5. The fraction of sp³-hybridized carbons (Fsp3) is 0.190. The van der Waals surface area contributed by atoms with Crippen LogP contribution in [0.2, 0.25) is 0 Å². The Balaban J connectivity index is 1.39. The zero-order valence-electron chi connectivity index (χ0n) is 14.3. The molecule has 0 unspecified atom stereocenters. The first-order chi connectivity index (χ1) is 12.2. The lowest BCUT2D eigenvalue weighted by Crippen LogP contribution is -2.25. The van der Waals surface area contributed by atoms with E-state index in [0.29, 0.717) is 6.54 Å². The first-order valence-electron chi connectivity index (χ1n) is 8.60. The average molecular weight is 331 g/mol. The number of amides is 1. The van der Waals surface area contributed by atoms with Crippen LogP contribution in [0.25, 0.3) is 21.8 Å². The third-order valence-corrected chi connectivity index (χ3v) is 4.68. The van der Waals surface area contributed by atoms with Gasteiger partial charge in [0.1, 0.15) is 0 Å². The van der Waals surface area contributed by atoms with E-state index < -0.39 is 0 Å². The van der Waals surface area contributed by atoms with Gasteiger partial charge in [-0.3, -0.25) is 4.79 Å². The van der Waals surface area contributed by atoms with Crippen molar-refractivity contribution in [3.63, 3.8) is 0 Å². The number of hydrogen-bond donors (Lipinski definition) is 1. The van der Waals surface area contributed by atoms with Gasteiger partial charge in [-0.15, -0.1) is 0 Å². The van der Waals surface area contributed by atoms with Gasteiger partial charge in [0, 0.05) is 49.0 Å². The Labute approximate surface area is 146 Å². The summed E-state index contributed by atoms with van der Waals surface area (Å²) in [5.41, 5.74) is 3.05. The van der Waals surface area contributed by atoms with Crippen LogP contribution in [-0.4, -0.2) is 21.6 Å². The van der Waals surface area contributed by atoms with E-state index in [4.69, 9.17) is 0 Å². The maximum absolute atomic E-state index is 12.5. The summed E-state index contributed by atoms with van der Waals surface area (Å²) < 4.78 is 4.23. The average Bonchev–Trinajstić information content (AvgIpc) is 3.21. The summed E-state index contributed by atoms with van der Waals surface area (Å²) in [5.74, 6) is -0.00540. The molecular formula is C21H21N3O. The van der Waals surface area contributed by atoms with Gasteiger partial charge in [0.15, 0.2) is 0 Å². The fourth-order valence-electron chi connectivity index (χ4n) is 3.40. The van der Waals surface area contributed by atoms with Crippen molar-refractivity contribution in [2.75, 3.05) is 6.54 Å². The first kappa shape index (κ1) is 15.5. The number of carbonyl (C=O) groups excluding carboxylic acids is 1. The number of fused-ring (bicyclic) bond motifs is 2. The predicted molar refractivity (Wildman–Crippen MR) is 102 cm³/mol. The number of carbonyl (C=O) groups is 1. The number of nitrogens with one attached hydrogen (secondary N) is 1. The molecule has 0 radical (unpaired) electrons. The van der Waals surface area contributed by atoms with E-state index in [1.807, 2.05) is 42.1 Å². The summed E-state index contributed by atoms with van der Waals surface area (Å²) in [4.78, 5) is 12.5. The Morgan fingerprint density at radius 1 is 1.00 bits per heavy atom. The third-order valence-electron chi connectivity index (χ3n) is 4.68. The molecule has 2 heterocycles. The number of aromatic nitrogens is 2. The maximum atomic E-state index is 12.5. The molecular weight excluding hydrogens is 310 g/mol. The highest BCUT2D eigenvalue weighted by Crippen LogP contribution is 2.20. The molecule has 4 rings (SSSR count). The number of para-hydroxylation sites is 2. The quantitative estimate of drug-likeness (QED) is 0.553. The molecule has 4 heteroatoms. The Morgan fingerprint density at radius 2 is 1.76 bits per heavy atom. The zero-order valence-corrected chi connectivity index (χ0v) is 14.3. The Morgan fingerprint density at radius 3 is 2.64 bits per heavy atom. The normalized spacial score (nSPS) is 11.2. The summed E-state index contributed by atoms with van der Waals surface area (Å²) in [5, 5.41) is 5.30. The highest BCUT2D eigenvalue weighted by molar-refractivity contribution is 6.06. The van der Waals surface area contributed by atoms with Gasteiger partial charge in [-0.05, 0) is 30.0 Å². The lowest BCUT2D eigenvalue weighted by molar-refractivity contribution is 0.0954. The predicted octanol–water partition coefficient (Wildman–Crippen LogP) is 3.95. The minimum absolute atomic E-state index is 0.00540. The zero-order chi connectivity index (χ0) is 17.2. The molecule has 25 heavy (non-hydrogen) atoms. The SMILES string of the molecule is Cn1cc(C(=O)NCCCn2ccc3ccccc32)c2ccccc21. The molecule has 0 bridgehead atoms. The van der Waals surface area contributed by atoms with Gasteiger partial charge < -0.3 is 14.5 Å². The largest absolute Gasteiger partial charge is 0.352 e. The highest BCUT2D eigenvalue weighted by Gasteiger charge is 2.12. The molecule has 2 aromatic carbocycles. The lowest BCUT2D eigenvalue weighted by Gasteiger charge is -2.07. The topological polar surface area (TPSA) is 39.0 Å². The molecule has 0 aliphatic carbocycles. The highest BCUT2D eigenvalue weighted by atomic mass is 16.1. The van der Waals surface area contributed by atoms with Crippen molar-refractivity contribution in [2.24, 2.45) is 7.05 Å². The van der Waals surface area contributed by atoms with Gasteiger partial charge in [0.2, 0.25) is 0 Å². The van der Waals surface area contributed by atoms with E-state index in [0.717, 1.165) is 29.4 Å². The molecule has 0 saturated carbocycles. The molecule has 1 amide bonds. The number of benzene rings is 2. The summed E-state index contributed by atoms with van der Waals surface area (Å²) in [6.45, 7) is 1.55. The van der Waals surface area contributed by atoms with Gasteiger partial charge in [-0.2, -0.15) is 0 Å². The number of nitrogens with zero attached hydrogens (tertiary/aromatic N) is 2. The summed E-state index contributed by atoms with van der Waals surface area (Å²) in [7, 11) is 1.97. The fourth-order valence-corrected chi connectivity index (χ4v) is 3.40. The van der Waals surface area contributed by atoms with Gasteiger partial charge in [0.25, 0.3) is 5.91 Å². The van der Waals surface area contributed by atoms with Crippen molar-refractivity contribution >= 4 is 27.7 Å². The smallest absolute Gasteiger partial charge is 0.253 e. The third kappa shape index (κ3) is 2.91. The monoisotopic (exact) mass is 331 g/mol. The van der Waals surface area contributed by atoms with Crippen LogP contribution in [-0.2, 0) is 13.6 Å². The van der Waals surface area contributed by atoms with E-state index in [9.17, 15) is 4.79 Å². The number of aryl methyl sites for hydroxylation is 2. The molecule has 126 valence electrons. The standard InChI is InChI=1S/C21H21N3O/c1-23-15-18(17-8-3-5-10-20(17)23)21(25)22-12-6-13-24-14-11-16-7-2-4-9-19(16)24/h2-5,7-11,14-15H,6,12-13H2,1H3,(H,22,25). The van der Waals surface area contributed by atoms with Gasteiger partial charge in [-0.25, -0.2) is 0 Å². The van der Waals surface area contributed by atoms with E-state index in [-0.39, 0.29) is 5.91 Å². The van der Waals surface area contributed by atoms with Crippen molar-refractivity contribution in [1.82, 2.24) is 14.5 Å². The van der Waals surface area contributed by atoms with Crippen molar-refractivity contribution < 1.29 is 4.79 Å². The van der Waals surface area contributed by atoms with Crippen LogP contribution in [0, 0.1) is 0 Å². The van der Waals surface area contributed by atoms with Crippen LogP contribution < -0.4 is 5.32 Å². The summed E-state index contributed by atoms with van der Waals surface area (Å²) in [6.07, 6.45) is 4.91. The molecule has 0 aliphatic rings. The summed E-state index contributed by atoms with van der Waals surface area (Å²) >= 11 is 0. The van der Waals surface area contributed by atoms with E-state index in [1.165, 1.54) is 10.9 Å². The van der Waals surface area contributed by atoms with Crippen LogP contribution in [0.3, 0.4) is 0 Å². The van der Waals surface area contributed by atoms with Crippen molar-refractivity contribution in [1.29, 1.82) is 0 Å². The van der Waals surface area contributed by atoms with Gasteiger partial charge in [-0.1, -0.05) is 36.4 Å². The van der Waals surface area contributed by atoms with Crippen LogP contribution in [0.4, 0.5) is 0 Å². The molecule has 4 nitrogen and oxygen atoms in total. The molecule has 4 aromatic rings. The Hall–Kier alpha value is -3.01. The molecule has 0 saturated heterocycles. The Kier molecular flexibility index (Phi) is 4.02. The van der Waals surface area contributed by atoms with Crippen LogP contribution in [0.1, 0.15) is 16.8 Å². The van der Waals surface area contributed by atoms with Crippen LogP contribution >= 0.6 is 0 Å². The van der Waals surface area contributed by atoms with Gasteiger partial charge >= 0.3 is 0 Å². The maximum Gasteiger partial charge on any atom is 0.253 e. The molecule has 0 spiro atoms. The molecule has 0 aliphatic heterocycles. The first-order valence-corrected chi connectivity index (χ1v) is 8.60. The minimum atomic E-state index is -0.00540. The second-order valence-electron chi connectivity index (χ2n) is 6.35. The molecule has 2 aromatic heterocycles. The van der Waals surface area contributed by atoms with E-state index in [1.54, 1.807) is 0 Å². The number of rotatable bonds is 5. The van der Waals surface area contributed by atoms with E-state index >= 15 is 0 Å². The minimum Gasteiger partial charge on any atom is -0.352 e. The van der Waals surface area contributed by atoms with E-state index in [2.05, 4.69) is 46.4 Å². The number of hydrogen-bond acceptors (Lipinski definition) is 1. The van der Waals surface area contributed by atoms with Crippen molar-refractivity contribution in [3.05, 3.63) is 72.6 Å². The second kappa shape index (κ2) is 6.48. The van der Waals surface area contributed by atoms with Crippen molar-refractivity contribution in [2.45, 2.75) is 13.0 Å². The lowest BCUT2D eigenvalue weighted by atomic mass is 10.1. The Bertz CT molecular complexity index is 1040.